The first-order valence-electron chi connectivity index (χ1n) is 6.29. The maximum atomic E-state index is 11.2. The van der Waals surface area contributed by atoms with E-state index < -0.39 is 0 Å². The number of nitrogens with one attached hydrogen (secondary N) is 1. The molecule has 0 spiro atoms. The van der Waals surface area contributed by atoms with Crippen LogP contribution in [0.4, 0.5) is 11.5 Å². The van der Waals surface area contributed by atoms with Crippen LogP contribution in [0.1, 0.15) is 16.2 Å². The lowest BCUT2D eigenvalue weighted by molar-refractivity contribution is 0.112. The Labute approximate surface area is 126 Å². The first-order valence-corrected chi connectivity index (χ1v) is 6.67. The number of hydrogen-bond donors (Lipinski definition) is 1. The van der Waals surface area contributed by atoms with Crippen molar-refractivity contribution in [1.29, 1.82) is 0 Å². The number of hydrogen-bond acceptors (Lipinski definition) is 5. The van der Waals surface area contributed by atoms with E-state index in [0.717, 1.165) is 16.6 Å². The number of benzene rings is 1. The highest BCUT2D eigenvalue weighted by Crippen LogP contribution is 2.27. The predicted molar refractivity (Wildman–Crippen MR) is 82.2 cm³/mol. The van der Waals surface area contributed by atoms with Gasteiger partial charge in [0.2, 0.25) is 0 Å². The van der Waals surface area contributed by atoms with E-state index in [4.69, 9.17) is 11.6 Å². The van der Waals surface area contributed by atoms with Crippen LogP contribution in [-0.4, -0.2) is 21.2 Å². The number of rotatable bonds is 3. The average molecular weight is 299 g/mol. The Morgan fingerprint density at radius 2 is 2.00 bits per heavy atom. The highest BCUT2D eigenvalue weighted by atomic mass is 35.5. The summed E-state index contributed by atoms with van der Waals surface area (Å²) in [5.74, 6) is 0.863. The van der Waals surface area contributed by atoms with Gasteiger partial charge in [0.25, 0.3) is 0 Å². The summed E-state index contributed by atoms with van der Waals surface area (Å²) in [5.41, 5.74) is 1.78. The number of fused-ring (bicyclic) bond motifs is 1. The molecule has 0 bridgehead atoms. The van der Waals surface area contributed by atoms with Gasteiger partial charge in [0.1, 0.15) is 16.8 Å². The minimum absolute atomic E-state index is 0.133. The largest absolute Gasteiger partial charge is 0.338 e. The monoisotopic (exact) mass is 298 g/mol. The fourth-order valence-corrected chi connectivity index (χ4v) is 2.34. The van der Waals surface area contributed by atoms with E-state index in [1.165, 1.54) is 0 Å². The van der Waals surface area contributed by atoms with E-state index in [2.05, 4.69) is 20.3 Å². The van der Waals surface area contributed by atoms with E-state index in [1.807, 2.05) is 30.3 Å². The zero-order chi connectivity index (χ0) is 14.8. The molecule has 0 unspecified atom stereocenters. The fraction of sp³-hybridized carbons (Fsp3) is 0.0667. The van der Waals surface area contributed by atoms with Crippen molar-refractivity contribution in [2.24, 2.45) is 0 Å². The SMILES string of the molecule is Cc1nc(Cl)c(C=O)c(Nc2cccc3cccnc23)n1. The smallest absolute Gasteiger partial charge is 0.156 e. The Bertz CT molecular complexity index is 830. The van der Waals surface area contributed by atoms with Crippen LogP contribution in [0.5, 0.6) is 0 Å². The zero-order valence-corrected chi connectivity index (χ0v) is 11.9. The molecule has 0 aliphatic carbocycles. The van der Waals surface area contributed by atoms with Crippen molar-refractivity contribution in [3.8, 4) is 0 Å². The summed E-state index contributed by atoms with van der Waals surface area (Å²) >= 11 is 5.98. The van der Waals surface area contributed by atoms with Gasteiger partial charge in [-0.05, 0) is 19.1 Å². The molecule has 0 saturated heterocycles. The molecular weight excluding hydrogens is 288 g/mol. The van der Waals surface area contributed by atoms with Gasteiger partial charge in [-0.25, -0.2) is 9.97 Å². The summed E-state index contributed by atoms with van der Waals surface area (Å²) in [7, 11) is 0. The van der Waals surface area contributed by atoms with Crippen molar-refractivity contribution in [3.05, 3.63) is 53.1 Å². The Morgan fingerprint density at radius 1 is 1.19 bits per heavy atom. The molecule has 0 aliphatic rings. The fourth-order valence-electron chi connectivity index (χ4n) is 2.08. The number of nitrogens with zero attached hydrogens (tertiary/aromatic N) is 3. The van der Waals surface area contributed by atoms with E-state index >= 15 is 0 Å². The maximum absolute atomic E-state index is 11.2. The van der Waals surface area contributed by atoms with Crippen LogP contribution in [0.25, 0.3) is 10.9 Å². The molecule has 2 aromatic heterocycles. The molecule has 1 aromatic carbocycles. The zero-order valence-electron chi connectivity index (χ0n) is 11.2. The molecule has 5 nitrogen and oxygen atoms in total. The summed E-state index contributed by atoms with van der Waals surface area (Å²) in [6.45, 7) is 1.72. The minimum Gasteiger partial charge on any atom is -0.338 e. The van der Waals surface area contributed by atoms with Gasteiger partial charge in [-0.3, -0.25) is 9.78 Å². The van der Waals surface area contributed by atoms with Crippen LogP contribution in [0.3, 0.4) is 0 Å². The number of anilines is 2. The molecule has 0 fully saturated rings. The van der Waals surface area contributed by atoms with Crippen molar-refractivity contribution < 1.29 is 4.79 Å². The minimum atomic E-state index is 0.133. The Morgan fingerprint density at radius 3 is 2.81 bits per heavy atom. The normalized spacial score (nSPS) is 10.6. The third-order valence-corrected chi connectivity index (χ3v) is 3.30. The van der Waals surface area contributed by atoms with Crippen LogP contribution in [0.2, 0.25) is 5.15 Å². The summed E-state index contributed by atoms with van der Waals surface area (Å²) in [5, 5.41) is 4.24. The Balaban J connectivity index is 2.13. The summed E-state index contributed by atoms with van der Waals surface area (Å²) in [4.78, 5) is 23.8. The second-order valence-electron chi connectivity index (χ2n) is 4.45. The van der Waals surface area contributed by atoms with Gasteiger partial charge < -0.3 is 5.32 Å². The van der Waals surface area contributed by atoms with Crippen molar-refractivity contribution in [2.75, 3.05) is 5.32 Å². The van der Waals surface area contributed by atoms with E-state index in [0.29, 0.717) is 17.9 Å². The van der Waals surface area contributed by atoms with Crippen LogP contribution in [0.15, 0.2) is 36.5 Å². The lowest BCUT2D eigenvalue weighted by Crippen LogP contribution is -2.04. The van der Waals surface area contributed by atoms with Crippen molar-refractivity contribution in [3.63, 3.8) is 0 Å². The number of halogens is 1. The quantitative estimate of drug-likeness (QED) is 0.591. The van der Waals surface area contributed by atoms with E-state index in [1.54, 1.807) is 13.1 Å². The molecule has 3 rings (SSSR count). The van der Waals surface area contributed by atoms with Gasteiger partial charge in [0.15, 0.2) is 6.29 Å². The third kappa shape index (κ3) is 2.55. The molecule has 0 amide bonds. The Hall–Kier alpha value is -2.53. The number of carbonyl (C=O) groups is 1. The lowest BCUT2D eigenvalue weighted by atomic mass is 10.2. The van der Waals surface area contributed by atoms with Crippen LogP contribution < -0.4 is 5.32 Å². The van der Waals surface area contributed by atoms with Crippen molar-refractivity contribution in [2.45, 2.75) is 6.92 Å². The topological polar surface area (TPSA) is 67.8 Å². The van der Waals surface area contributed by atoms with Gasteiger partial charge in [0, 0.05) is 11.6 Å². The van der Waals surface area contributed by atoms with Crippen LogP contribution in [0, 0.1) is 6.92 Å². The molecule has 0 radical (unpaired) electrons. The Kier molecular flexibility index (Phi) is 3.50. The number of pyridine rings is 1. The molecule has 6 heteroatoms. The highest BCUT2D eigenvalue weighted by Gasteiger charge is 2.12. The highest BCUT2D eigenvalue weighted by molar-refractivity contribution is 6.32. The number of carbonyl (C=O) groups excluding carboxylic acids is 1. The number of aryl methyl sites for hydroxylation is 1. The van der Waals surface area contributed by atoms with E-state index in [9.17, 15) is 4.79 Å². The second-order valence-corrected chi connectivity index (χ2v) is 4.81. The second kappa shape index (κ2) is 5.46. The molecule has 1 N–H and O–H groups in total. The van der Waals surface area contributed by atoms with Gasteiger partial charge in [-0.15, -0.1) is 0 Å². The van der Waals surface area contributed by atoms with Gasteiger partial charge in [-0.2, -0.15) is 0 Å². The lowest BCUT2D eigenvalue weighted by Gasteiger charge is -2.11. The molecule has 2 heterocycles. The van der Waals surface area contributed by atoms with Crippen molar-refractivity contribution >= 4 is 40.3 Å². The first kappa shape index (κ1) is 13.5. The molecular formula is C15H11ClN4O. The van der Waals surface area contributed by atoms with Gasteiger partial charge in [-0.1, -0.05) is 29.8 Å². The summed E-state index contributed by atoms with van der Waals surface area (Å²) in [6.07, 6.45) is 2.36. The number of para-hydroxylation sites is 1. The average Bonchev–Trinajstić information content (AvgIpc) is 2.47. The van der Waals surface area contributed by atoms with Crippen LogP contribution >= 0.6 is 11.6 Å². The first-order chi connectivity index (χ1) is 10.2. The molecule has 0 aliphatic heterocycles. The molecule has 104 valence electrons. The summed E-state index contributed by atoms with van der Waals surface area (Å²) in [6, 6.07) is 9.57. The molecule has 21 heavy (non-hydrogen) atoms. The molecule has 0 saturated carbocycles. The molecule has 0 atom stereocenters. The van der Waals surface area contributed by atoms with E-state index in [-0.39, 0.29) is 10.7 Å². The predicted octanol–water partition coefficient (Wildman–Crippen LogP) is 3.54. The number of aldehydes is 1. The third-order valence-electron chi connectivity index (χ3n) is 3.01. The number of aromatic nitrogens is 3. The molecule has 3 aromatic rings. The maximum Gasteiger partial charge on any atom is 0.156 e. The van der Waals surface area contributed by atoms with Gasteiger partial charge >= 0.3 is 0 Å². The van der Waals surface area contributed by atoms with Gasteiger partial charge in [0.05, 0.1) is 16.8 Å². The van der Waals surface area contributed by atoms with Crippen molar-refractivity contribution in [1.82, 2.24) is 15.0 Å². The van der Waals surface area contributed by atoms with Crippen LogP contribution in [-0.2, 0) is 0 Å². The summed E-state index contributed by atoms with van der Waals surface area (Å²) < 4.78 is 0. The standard InChI is InChI=1S/C15H11ClN4O/c1-9-18-14(16)11(8-21)15(19-9)20-12-6-2-4-10-5-3-7-17-13(10)12/h2-8H,1H3,(H,18,19,20).